The zero-order valence-corrected chi connectivity index (χ0v) is 16.2. The molecule has 0 radical (unpaired) electrons. The molecule has 0 unspecified atom stereocenters. The number of methoxy groups -OCH3 is 1. The Morgan fingerprint density at radius 2 is 1.93 bits per heavy atom. The third-order valence-corrected chi connectivity index (χ3v) is 4.82. The molecular weight excluding hydrogens is 384 g/mol. The van der Waals surface area contributed by atoms with E-state index in [0.29, 0.717) is 9.75 Å². The Morgan fingerprint density at radius 1 is 1.21 bits per heavy atom. The number of ketones is 2. The Labute approximate surface area is 166 Å². The molecule has 0 saturated heterocycles. The number of nitrogens with one attached hydrogen (secondary N) is 1. The van der Waals surface area contributed by atoms with Crippen LogP contribution < -0.4 is 10.0 Å². The summed E-state index contributed by atoms with van der Waals surface area (Å²) in [4.78, 5) is 37.9. The van der Waals surface area contributed by atoms with E-state index in [1.54, 1.807) is 18.2 Å². The highest BCUT2D eigenvalue weighted by Crippen LogP contribution is 2.27. The minimum absolute atomic E-state index is 0.00740. The lowest BCUT2D eigenvalue weighted by Gasteiger charge is -2.21. The number of allylic oxidation sites excluding steroid dienone is 2. The maximum atomic E-state index is 13.0. The molecule has 1 aliphatic carbocycles. The molecule has 8 heteroatoms. The summed E-state index contributed by atoms with van der Waals surface area (Å²) in [5.41, 5.74) is 0.520. The van der Waals surface area contributed by atoms with Gasteiger partial charge >= 0.3 is 5.97 Å². The number of nitrogens with zero attached hydrogens (tertiary/aromatic N) is 1. The molecule has 3 rings (SSSR count). The minimum Gasteiger partial charge on any atom is -0.618 e. The summed E-state index contributed by atoms with van der Waals surface area (Å²) < 4.78 is 5.17. The van der Waals surface area contributed by atoms with Crippen LogP contribution in [0.25, 0.3) is 0 Å². The van der Waals surface area contributed by atoms with Crippen LogP contribution in [0.5, 0.6) is 0 Å². The van der Waals surface area contributed by atoms with Crippen molar-refractivity contribution in [3.05, 3.63) is 79.9 Å². The summed E-state index contributed by atoms with van der Waals surface area (Å²) in [6.07, 6.45) is 1.13. The van der Waals surface area contributed by atoms with E-state index in [4.69, 9.17) is 16.3 Å². The van der Waals surface area contributed by atoms with Crippen LogP contribution in [0.15, 0.2) is 36.0 Å². The van der Waals surface area contributed by atoms with Gasteiger partial charge in [-0.25, -0.2) is 4.79 Å². The summed E-state index contributed by atoms with van der Waals surface area (Å²) in [5, 5.41) is 15.9. The van der Waals surface area contributed by atoms with Crippen molar-refractivity contribution in [2.75, 3.05) is 7.11 Å². The molecular formula is C20H17ClN2O5. The number of pyridine rings is 1. The zero-order chi connectivity index (χ0) is 20.6. The fourth-order valence-electron chi connectivity index (χ4n) is 3.20. The second-order valence-electron chi connectivity index (χ2n) is 6.32. The van der Waals surface area contributed by atoms with Crippen molar-refractivity contribution < 1.29 is 23.9 Å². The highest BCUT2D eigenvalue weighted by molar-refractivity contribution is 6.30. The van der Waals surface area contributed by atoms with Crippen LogP contribution in [0.3, 0.4) is 0 Å². The molecule has 0 bridgehead atoms. The standard InChI is InChI=1S/C20H17ClN2O5/c1-10-16-18(17(20(26)28-3)11(2)23(10)27)15(24)8-14(19(16)25)22-9-12-5-4-6-13(21)7-12/h4-8,22H,9H2,1-3H3. The van der Waals surface area contributed by atoms with Crippen molar-refractivity contribution in [2.24, 2.45) is 0 Å². The first-order chi connectivity index (χ1) is 13.3. The molecule has 0 amide bonds. The first-order valence-electron chi connectivity index (χ1n) is 8.40. The van der Waals surface area contributed by atoms with Crippen LogP contribution in [0.2, 0.25) is 5.02 Å². The first-order valence-corrected chi connectivity index (χ1v) is 8.78. The van der Waals surface area contributed by atoms with Gasteiger partial charge in [-0.2, -0.15) is 4.73 Å². The number of rotatable bonds is 4. The lowest BCUT2D eigenvalue weighted by atomic mass is 9.87. The molecule has 7 nitrogen and oxygen atoms in total. The maximum Gasteiger partial charge on any atom is 0.345 e. The smallest absolute Gasteiger partial charge is 0.345 e. The summed E-state index contributed by atoms with van der Waals surface area (Å²) in [7, 11) is 1.14. The molecule has 0 saturated carbocycles. The van der Waals surface area contributed by atoms with Crippen LogP contribution in [-0.2, 0) is 11.3 Å². The van der Waals surface area contributed by atoms with Gasteiger partial charge in [-0.05, 0) is 17.7 Å². The minimum atomic E-state index is -0.844. The molecule has 0 atom stereocenters. The average molecular weight is 401 g/mol. The van der Waals surface area contributed by atoms with Crippen LogP contribution in [-0.4, -0.2) is 24.6 Å². The van der Waals surface area contributed by atoms with Crippen molar-refractivity contribution in [1.82, 2.24) is 5.32 Å². The van der Waals surface area contributed by atoms with Gasteiger partial charge in [-0.3, -0.25) is 9.59 Å². The van der Waals surface area contributed by atoms with E-state index in [1.807, 2.05) is 6.07 Å². The first kappa shape index (κ1) is 19.6. The predicted molar refractivity (Wildman–Crippen MR) is 101 cm³/mol. The average Bonchev–Trinajstić information content (AvgIpc) is 2.67. The van der Waals surface area contributed by atoms with Crippen molar-refractivity contribution in [1.29, 1.82) is 0 Å². The van der Waals surface area contributed by atoms with Crippen molar-refractivity contribution in [3.63, 3.8) is 0 Å². The Balaban J connectivity index is 2.05. The zero-order valence-electron chi connectivity index (χ0n) is 15.5. The predicted octanol–water partition coefficient (Wildman–Crippen LogP) is 2.43. The molecule has 1 heterocycles. The molecule has 144 valence electrons. The van der Waals surface area contributed by atoms with E-state index in [2.05, 4.69) is 5.32 Å². The fourth-order valence-corrected chi connectivity index (χ4v) is 3.41. The highest BCUT2D eigenvalue weighted by Gasteiger charge is 2.38. The van der Waals surface area contributed by atoms with E-state index in [9.17, 15) is 19.6 Å². The number of ether oxygens (including phenoxy) is 1. The quantitative estimate of drug-likeness (QED) is 0.480. The van der Waals surface area contributed by atoms with Crippen molar-refractivity contribution in [2.45, 2.75) is 20.4 Å². The van der Waals surface area contributed by atoms with Gasteiger partial charge in [0.1, 0.15) is 11.1 Å². The lowest BCUT2D eigenvalue weighted by molar-refractivity contribution is -0.619. The van der Waals surface area contributed by atoms with E-state index in [-0.39, 0.29) is 40.3 Å². The number of hydrogen-bond acceptors (Lipinski definition) is 6. The second kappa shape index (κ2) is 7.44. The molecule has 2 aromatic rings. The molecule has 1 aliphatic rings. The molecule has 0 spiro atoms. The van der Waals surface area contributed by atoms with Crippen molar-refractivity contribution >= 4 is 29.1 Å². The Morgan fingerprint density at radius 3 is 2.57 bits per heavy atom. The number of fused-ring (bicyclic) bond motifs is 1. The molecule has 0 fully saturated rings. The van der Waals surface area contributed by atoms with Gasteiger partial charge in [-0.1, -0.05) is 23.7 Å². The number of hydrogen-bond donors (Lipinski definition) is 1. The molecule has 28 heavy (non-hydrogen) atoms. The summed E-state index contributed by atoms with van der Waals surface area (Å²) in [5.74, 6) is -1.93. The van der Waals surface area contributed by atoms with Gasteiger partial charge in [-0.15, -0.1) is 0 Å². The third kappa shape index (κ3) is 3.25. The highest BCUT2D eigenvalue weighted by atomic mass is 35.5. The molecule has 1 N–H and O–H groups in total. The van der Waals surface area contributed by atoms with Gasteiger partial charge in [0.2, 0.25) is 17.2 Å². The number of Topliss-reactive ketones (excluding diaryl/α,β-unsaturated/α-hetero) is 1. The molecule has 1 aromatic carbocycles. The van der Waals surface area contributed by atoms with Gasteiger partial charge in [0.25, 0.3) is 0 Å². The molecule has 1 aromatic heterocycles. The SMILES string of the molecule is COC(=O)c1c2c(c(C)[n+]([O-])c1C)C(=O)C(NCc1cccc(Cl)c1)=CC2=O. The van der Waals surface area contributed by atoms with Gasteiger partial charge in [0.05, 0.1) is 18.4 Å². The number of benzene rings is 1. The maximum absolute atomic E-state index is 13.0. The number of aromatic nitrogens is 1. The largest absolute Gasteiger partial charge is 0.618 e. The summed E-state index contributed by atoms with van der Waals surface area (Å²) in [6.45, 7) is 3.10. The Kier molecular flexibility index (Phi) is 5.20. The summed E-state index contributed by atoms with van der Waals surface area (Å²) >= 11 is 5.95. The number of carbonyl (C=O) groups is 3. The van der Waals surface area contributed by atoms with Crippen LogP contribution in [0.4, 0.5) is 0 Å². The monoisotopic (exact) mass is 400 g/mol. The second-order valence-corrected chi connectivity index (χ2v) is 6.75. The number of esters is 1. The van der Waals surface area contributed by atoms with E-state index < -0.39 is 17.5 Å². The van der Waals surface area contributed by atoms with E-state index in [1.165, 1.54) is 13.8 Å². The van der Waals surface area contributed by atoms with Crippen LogP contribution in [0.1, 0.15) is 48.0 Å². The van der Waals surface area contributed by atoms with Gasteiger partial charge < -0.3 is 15.3 Å². The summed E-state index contributed by atoms with van der Waals surface area (Å²) in [6, 6.07) is 7.04. The van der Waals surface area contributed by atoms with E-state index >= 15 is 0 Å². The molecule has 0 aliphatic heterocycles. The normalized spacial score (nSPS) is 13.1. The van der Waals surface area contributed by atoms with Crippen molar-refractivity contribution in [3.8, 4) is 0 Å². The third-order valence-electron chi connectivity index (χ3n) is 4.59. The Bertz CT molecular complexity index is 1060. The topological polar surface area (TPSA) is 99.4 Å². The van der Waals surface area contributed by atoms with Crippen LogP contribution in [0, 0.1) is 19.1 Å². The van der Waals surface area contributed by atoms with E-state index in [0.717, 1.165) is 18.7 Å². The number of carbonyl (C=O) groups excluding carboxylic acids is 3. The van der Waals surface area contributed by atoms with Gasteiger partial charge in [0, 0.05) is 31.5 Å². The van der Waals surface area contributed by atoms with Crippen LogP contribution >= 0.6 is 11.6 Å². The lowest BCUT2D eigenvalue weighted by Crippen LogP contribution is -2.42. The Hall–Kier alpha value is -3.19. The fraction of sp³-hybridized carbons (Fsp3) is 0.200. The van der Waals surface area contributed by atoms with Gasteiger partial charge in [0.15, 0.2) is 5.78 Å². The number of halogens is 1.